The molecule has 3 aliphatic heterocycles. The molecule has 36 heavy (non-hydrogen) atoms. The smallest absolute Gasteiger partial charge is 0.410 e. The first kappa shape index (κ1) is 26.1. The van der Waals surface area contributed by atoms with E-state index in [1.165, 1.54) is 4.90 Å². The van der Waals surface area contributed by atoms with Gasteiger partial charge < -0.3 is 19.6 Å². The van der Waals surface area contributed by atoms with E-state index < -0.39 is 28.6 Å². The third-order valence-corrected chi connectivity index (χ3v) is 8.12. The summed E-state index contributed by atoms with van der Waals surface area (Å²) in [4.78, 5) is 53.1. The molecule has 9 nitrogen and oxygen atoms in total. The molecule has 196 valence electrons. The van der Waals surface area contributed by atoms with E-state index in [4.69, 9.17) is 4.74 Å². The Morgan fingerprint density at radius 1 is 1.19 bits per heavy atom. The summed E-state index contributed by atoms with van der Waals surface area (Å²) in [7, 11) is 0. The second-order valence-electron chi connectivity index (χ2n) is 11.3. The minimum absolute atomic E-state index is 0.200. The highest BCUT2D eigenvalue weighted by molar-refractivity contribution is 6.05. The van der Waals surface area contributed by atoms with Crippen LogP contribution < -0.4 is 5.32 Å². The Hall–Kier alpha value is -2.94. The zero-order valence-corrected chi connectivity index (χ0v) is 21.8. The van der Waals surface area contributed by atoms with E-state index in [9.17, 15) is 24.3 Å². The van der Waals surface area contributed by atoms with Crippen LogP contribution in [-0.2, 0) is 26.5 Å². The number of hydrogen-bond donors (Lipinski definition) is 2. The lowest BCUT2D eigenvalue weighted by Crippen LogP contribution is -2.59. The number of nitrogens with one attached hydrogen (secondary N) is 1. The largest absolute Gasteiger partial charge is 0.444 e. The van der Waals surface area contributed by atoms with Crippen LogP contribution in [0.2, 0.25) is 0 Å². The van der Waals surface area contributed by atoms with Gasteiger partial charge in [-0.2, -0.15) is 0 Å². The SMILES string of the molecule is CCC1(CC)CN(C(=O)OC(C)(C)C)CCC1(O)c1ccc2c(c1)CN(C1CCC(=O)NC1=O)C2=O. The summed E-state index contributed by atoms with van der Waals surface area (Å²) >= 11 is 0. The lowest BCUT2D eigenvalue weighted by atomic mass is 9.61. The van der Waals surface area contributed by atoms with Gasteiger partial charge >= 0.3 is 6.09 Å². The molecule has 0 aliphatic carbocycles. The van der Waals surface area contributed by atoms with Crippen LogP contribution >= 0.6 is 0 Å². The summed E-state index contributed by atoms with van der Waals surface area (Å²) in [6, 6.07) is 4.72. The Kier molecular flexibility index (Phi) is 6.66. The van der Waals surface area contributed by atoms with E-state index >= 15 is 0 Å². The highest BCUT2D eigenvalue weighted by atomic mass is 16.6. The molecule has 0 spiro atoms. The number of hydrogen-bond acceptors (Lipinski definition) is 6. The Morgan fingerprint density at radius 3 is 2.50 bits per heavy atom. The monoisotopic (exact) mass is 499 g/mol. The number of ether oxygens (including phenoxy) is 1. The number of amides is 4. The Bertz CT molecular complexity index is 1090. The molecule has 4 amide bonds. The van der Waals surface area contributed by atoms with Crippen molar-refractivity contribution >= 4 is 23.8 Å². The second-order valence-corrected chi connectivity index (χ2v) is 11.3. The molecule has 2 unspecified atom stereocenters. The van der Waals surface area contributed by atoms with Gasteiger partial charge in [0, 0.05) is 37.0 Å². The molecule has 2 fully saturated rings. The normalized spacial score (nSPS) is 26.1. The van der Waals surface area contributed by atoms with Gasteiger partial charge in [-0.25, -0.2) is 4.79 Å². The first-order valence-corrected chi connectivity index (χ1v) is 12.8. The molecule has 2 atom stereocenters. The van der Waals surface area contributed by atoms with Crippen LogP contribution in [0.15, 0.2) is 18.2 Å². The van der Waals surface area contributed by atoms with Gasteiger partial charge in [0.15, 0.2) is 0 Å². The molecule has 0 saturated carbocycles. The van der Waals surface area contributed by atoms with Crippen molar-refractivity contribution < 1.29 is 29.0 Å². The maximum absolute atomic E-state index is 13.1. The van der Waals surface area contributed by atoms with E-state index in [0.29, 0.717) is 49.9 Å². The zero-order valence-electron chi connectivity index (χ0n) is 21.8. The number of carbonyl (C=O) groups excluding carboxylic acids is 4. The van der Waals surface area contributed by atoms with Gasteiger partial charge in [0.05, 0.1) is 5.60 Å². The molecule has 9 heteroatoms. The van der Waals surface area contributed by atoms with Crippen molar-refractivity contribution in [1.29, 1.82) is 0 Å². The van der Waals surface area contributed by atoms with Gasteiger partial charge in [-0.1, -0.05) is 26.0 Å². The number of imide groups is 1. The molecule has 1 aromatic rings. The van der Waals surface area contributed by atoms with E-state index in [2.05, 4.69) is 5.32 Å². The standard InChI is InChI=1S/C27H37N3O6/c1-6-26(7-2)16-29(24(34)36-25(3,4)5)13-12-27(26,35)18-8-9-19-17(14-18)15-30(23(19)33)20-10-11-21(31)28-22(20)32/h8-9,14,20,35H,6-7,10-13,15-16H2,1-5H3,(H,28,31,32). The van der Waals surface area contributed by atoms with E-state index in [-0.39, 0.29) is 30.9 Å². The summed E-state index contributed by atoms with van der Waals surface area (Å²) < 4.78 is 5.60. The number of likely N-dealkylation sites (tertiary alicyclic amines) is 1. The molecule has 2 saturated heterocycles. The van der Waals surface area contributed by atoms with E-state index in [1.807, 2.05) is 40.7 Å². The van der Waals surface area contributed by atoms with Crippen molar-refractivity contribution in [3.05, 3.63) is 34.9 Å². The molecule has 4 rings (SSSR count). The molecule has 3 heterocycles. The van der Waals surface area contributed by atoms with Crippen LogP contribution in [0.4, 0.5) is 4.79 Å². The van der Waals surface area contributed by atoms with Gasteiger partial charge in [0.25, 0.3) is 5.91 Å². The highest BCUT2D eigenvalue weighted by Crippen LogP contribution is 2.51. The molecule has 1 aromatic carbocycles. The van der Waals surface area contributed by atoms with E-state index in [1.54, 1.807) is 17.0 Å². The Morgan fingerprint density at radius 2 is 1.89 bits per heavy atom. The van der Waals surface area contributed by atoms with Crippen molar-refractivity contribution in [2.75, 3.05) is 13.1 Å². The predicted molar refractivity (Wildman–Crippen MR) is 132 cm³/mol. The summed E-state index contributed by atoms with van der Waals surface area (Å²) in [5.74, 6) is -1.01. The van der Waals surface area contributed by atoms with Crippen molar-refractivity contribution in [1.82, 2.24) is 15.1 Å². The van der Waals surface area contributed by atoms with Crippen LogP contribution in [0.1, 0.15) is 88.2 Å². The molecule has 3 aliphatic rings. The first-order valence-electron chi connectivity index (χ1n) is 12.8. The fraction of sp³-hybridized carbons (Fsp3) is 0.630. The van der Waals surface area contributed by atoms with E-state index in [0.717, 1.165) is 5.56 Å². The summed E-state index contributed by atoms with van der Waals surface area (Å²) in [5.41, 5.74) is -0.417. The maximum Gasteiger partial charge on any atom is 0.410 e. The van der Waals surface area contributed by atoms with Crippen molar-refractivity contribution in [2.45, 2.75) is 90.5 Å². The molecule has 0 bridgehead atoms. The quantitative estimate of drug-likeness (QED) is 0.615. The molecular weight excluding hydrogens is 462 g/mol. The average molecular weight is 500 g/mol. The van der Waals surface area contributed by atoms with Gasteiger partial charge in [-0.15, -0.1) is 0 Å². The fourth-order valence-corrected chi connectivity index (χ4v) is 5.96. The lowest BCUT2D eigenvalue weighted by molar-refractivity contribution is -0.144. The number of carbonyl (C=O) groups is 4. The molecule has 0 radical (unpaired) electrons. The molecule has 2 N–H and O–H groups in total. The summed E-state index contributed by atoms with van der Waals surface area (Å²) in [6.07, 6.45) is 1.77. The number of fused-ring (bicyclic) bond motifs is 1. The summed E-state index contributed by atoms with van der Waals surface area (Å²) in [6.45, 7) is 10.5. The first-order chi connectivity index (χ1) is 16.8. The third-order valence-electron chi connectivity index (χ3n) is 8.12. The van der Waals surface area contributed by atoms with Crippen molar-refractivity contribution in [3.8, 4) is 0 Å². The number of benzene rings is 1. The van der Waals surface area contributed by atoms with Crippen molar-refractivity contribution in [3.63, 3.8) is 0 Å². The van der Waals surface area contributed by atoms with Gasteiger partial charge in [-0.05, 0) is 63.6 Å². The third kappa shape index (κ3) is 4.38. The summed E-state index contributed by atoms with van der Waals surface area (Å²) in [5, 5.41) is 14.5. The van der Waals surface area contributed by atoms with Crippen LogP contribution in [0.25, 0.3) is 0 Å². The second kappa shape index (κ2) is 9.18. The Balaban J connectivity index is 1.61. The van der Waals surface area contributed by atoms with Gasteiger partial charge in [0.1, 0.15) is 11.6 Å². The van der Waals surface area contributed by atoms with Crippen molar-refractivity contribution in [2.24, 2.45) is 5.41 Å². The lowest BCUT2D eigenvalue weighted by Gasteiger charge is -2.53. The molecular formula is C27H37N3O6. The van der Waals surface area contributed by atoms with Gasteiger partial charge in [0.2, 0.25) is 11.8 Å². The van der Waals surface area contributed by atoms with Crippen LogP contribution in [0.5, 0.6) is 0 Å². The van der Waals surface area contributed by atoms with Crippen LogP contribution in [0.3, 0.4) is 0 Å². The van der Waals surface area contributed by atoms with Crippen LogP contribution in [0, 0.1) is 5.41 Å². The average Bonchev–Trinajstić information content (AvgIpc) is 3.14. The fourth-order valence-electron chi connectivity index (χ4n) is 5.96. The topological polar surface area (TPSA) is 116 Å². The minimum atomic E-state index is -1.20. The number of nitrogens with zero attached hydrogens (tertiary/aromatic N) is 2. The number of rotatable bonds is 4. The molecule has 0 aromatic heterocycles. The minimum Gasteiger partial charge on any atom is -0.444 e. The zero-order chi connectivity index (χ0) is 26.5. The Labute approximate surface area is 212 Å². The maximum atomic E-state index is 13.1. The number of piperidine rings is 2. The van der Waals surface area contributed by atoms with Crippen LogP contribution in [-0.4, -0.2) is 63.5 Å². The number of aliphatic hydroxyl groups is 1. The predicted octanol–water partition coefficient (Wildman–Crippen LogP) is 3.08. The highest BCUT2D eigenvalue weighted by Gasteiger charge is 2.54. The van der Waals surface area contributed by atoms with Gasteiger partial charge in [-0.3, -0.25) is 19.7 Å².